The minimum absolute atomic E-state index is 0.00187. The monoisotopic (exact) mass is 274 g/mol. The quantitative estimate of drug-likeness (QED) is 0.729. The van der Waals surface area contributed by atoms with Gasteiger partial charge in [0.25, 0.3) is 0 Å². The first-order chi connectivity index (χ1) is 8.60. The second kappa shape index (κ2) is 7.89. The lowest BCUT2D eigenvalue weighted by atomic mass is 10.1. The molecule has 1 aliphatic rings. The second-order valence-electron chi connectivity index (χ2n) is 4.95. The molecule has 1 fully saturated rings. The maximum Gasteiger partial charge on any atom is 0.241 e. The van der Waals surface area contributed by atoms with Crippen LogP contribution in [-0.2, 0) is 15.6 Å². The van der Waals surface area contributed by atoms with Crippen molar-refractivity contribution in [2.45, 2.75) is 58.2 Å². The van der Waals surface area contributed by atoms with Crippen molar-refractivity contribution in [3.8, 4) is 0 Å². The predicted molar refractivity (Wildman–Crippen MR) is 75.8 cm³/mol. The summed E-state index contributed by atoms with van der Waals surface area (Å²) in [7, 11) is -0.762. The highest BCUT2D eigenvalue weighted by Crippen LogP contribution is 2.17. The van der Waals surface area contributed by atoms with Crippen molar-refractivity contribution >= 4 is 16.7 Å². The van der Waals surface area contributed by atoms with Gasteiger partial charge in [-0.25, -0.2) is 0 Å². The van der Waals surface area contributed by atoms with E-state index in [1.54, 1.807) is 6.26 Å². The Labute approximate surface area is 113 Å². The van der Waals surface area contributed by atoms with Crippen molar-refractivity contribution in [1.29, 1.82) is 0 Å². The third-order valence-electron chi connectivity index (χ3n) is 3.41. The Bertz CT molecular complexity index is 297. The van der Waals surface area contributed by atoms with Crippen molar-refractivity contribution < 1.29 is 9.00 Å². The predicted octanol–water partition coefficient (Wildman–Crippen LogP) is 1.48. The van der Waals surface area contributed by atoms with E-state index < -0.39 is 10.8 Å². The van der Waals surface area contributed by atoms with E-state index in [1.807, 2.05) is 4.90 Å². The van der Waals surface area contributed by atoms with Crippen LogP contribution in [0.15, 0.2) is 0 Å². The summed E-state index contributed by atoms with van der Waals surface area (Å²) < 4.78 is 11.0. The summed E-state index contributed by atoms with van der Waals surface area (Å²) in [5.74, 6) is 0.914. The lowest BCUT2D eigenvalue weighted by Crippen LogP contribution is -2.37. The molecule has 0 aromatic rings. The molecule has 1 heterocycles. The molecule has 0 aromatic carbocycles. The fourth-order valence-corrected chi connectivity index (χ4v) is 2.94. The molecule has 0 bridgehead atoms. The molecular formula is C13H26N2O2S. The second-order valence-corrected chi connectivity index (χ2v) is 6.50. The van der Waals surface area contributed by atoms with Crippen molar-refractivity contribution in [3.05, 3.63) is 0 Å². The molecule has 5 heteroatoms. The molecule has 1 rings (SSSR count). The number of amides is 1. The molecule has 3 unspecified atom stereocenters. The highest BCUT2D eigenvalue weighted by atomic mass is 32.2. The van der Waals surface area contributed by atoms with Crippen LogP contribution in [0.5, 0.6) is 0 Å². The molecule has 18 heavy (non-hydrogen) atoms. The van der Waals surface area contributed by atoms with Crippen molar-refractivity contribution in [2.75, 3.05) is 18.6 Å². The van der Waals surface area contributed by atoms with Crippen LogP contribution in [0.4, 0.5) is 0 Å². The van der Waals surface area contributed by atoms with E-state index in [2.05, 4.69) is 19.2 Å². The fourth-order valence-electron chi connectivity index (χ4n) is 2.40. The molecule has 0 aromatic heterocycles. The number of nitrogens with zero attached hydrogens (tertiary/aromatic N) is 1. The summed E-state index contributed by atoms with van der Waals surface area (Å²) >= 11 is 0. The van der Waals surface area contributed by atoms with E-state index in [9.17, 15) is 9.00 Å². The van der Waals surface area contributed by atoms with Gasteiger partial charge in [0.15, 0.2) is 0 Å². The summed E-state index contributed by atoms with van der Waals surface area (Å²) in [6, 6.07) is 0.00187. The molecule has 1 aliphatic heterocycles. The van der Waals surface area contributed by atoms with Crippen LogP contribution in [-0.4, -0.2) is 45.8 Å². The minimum atomic E-state index is -0.762. The summed E-state index contributed by atoms with van der Waals surface area (Å²) in [5, 5.41) is 3.41. The van der Waals surface area contributed by atoms with Gasteiger partial charge in [-0.1, -0.05) is 26.7 Å². The average Bonchev–Trinajstić information content (AvgIpc) is 2.63. The minimum Gasteiger partial charge on any atom is -0.326 e. The number of rotatable bonds is 8. The largest absolute Gasteiger partial charge is 0.326 e. The molecular weight excluding hydrogens is 248 g/mol. The van der Waals surface area contributed by atoms with Gasteiger partial charge in [-0.05, 0) is 19.3 Å². The van der Waals surface area contributed by atoms with Crippen LogP contribution in [0.2, 0.25) is 0 Å². The molecule has 0 aliphatic carbocycles. The number of carbonyl (C=O) groups is 1. The Kier molecular flexibility index (Phi) is 6.86. The molecule has 0 spiro atoms. The lowest BCUT2D eigenvalue weighted by molar-refractivity contribution is -0.130. The Balaban J connectivity index is 2.48. The Hall–Kier alpha value is -0.420. The average molecular weight is 274 g/mol. The molecule has 106 valence electrons. The highest BCUT2D eigenvalue weighted by molar-refractivity contribution is 7.84. The Morgan fingerprint density at radius 2 is 2.06 bits per heavy atom. The van der Waals surface area contributed by atoms with E-state index in [0.29, 0.717) is 5.75 Å². The number of nitrogens with one attached hydrogen (secondary N) is 1. The maximum absolute atomic E-state index is 12.2. The number of hydrogen-bond acceptors (Lipinski definition) is 3. The molecule has 4 nitrogen and oxygen atoms in total. The zero-order valence-electron chi connectivity index (χ0n) is 11.8. The summed E-state index contributed by atoms with van der Waals surface area (Å²) in [6.45, 7) is 4.97. The van der Waals surface area contributed by atoms with Crippen LogP contribution >= 0.6 is 0 Å². The molecule has 1 N–H and O–H groups in total. The van der Waals surface area contributed by atoms with Crippen molar-refractivity contribution in [2.24, 2.45) is 0 Å². The van der Waals surface area contributed by atoms with Crippen LogP contribution < -0.4 is 5.32 Å². The number of carbonyl (C=O) groups excluding carboxylic acids is 1. The number of hydrogen-bond donors (Lipinski definition) is 1. The smallest absolute Gasteiger partial charge is 0.241 e. The van der Waals surface area contributed by atoms with Gasteiger partial charge >= 0.3 is 0 Å². The van der Waals surface area contributed by atoms with Gasteiger partial charge in [0.05, 0.1) is 12.2 Å². The first-order valence-electron chi connectivity index (χ1n) is 6.96. The van der Waals surface area contributed by atoms with Crippen LogP contribution in [0.25, 0.3) is 0 Å². The first kappa shape index (κ1) is 15.6. The van der Waals surface area contributed by atoms with Gasteiger partial charge in [0.2, 0.25) is 5.91 Å². The topological polar surface area (TPSA) is 49.4 Å². The molecule has 3 atom stereocenters. The van der Waals surface area contributed by atoms with Gasteiger partial charge < -0.3 is 4.90 Å². The Morgan fingerprint density at radius 3 is 2.61 bits per heavy atom. The van der Waals surface area contributed by atoms with Crippen molar-refractivity contribution in [1.82, 2.24) is 10.2 Å². The zero-order valence-corrected chi connectivity index (χ0v) is 12.6. The Morgan fingerprint density at radius 1 is 1.33 bits per heavy atom. The molecule has 0 radical (unpaired) electrons. The maximum atomic E-state index is 12.2. The standard InChI is InChI=1S/C13H26N2O2S/c1-4-6-8-11-13(16)15(12(5-2)14-11)9-7-10-18(3)17/h11-12,14H,4-10H2,1-3H3. The van der Waals surface area contributed by atoms with Gasteiger partial charge in [0, 0.05) is 29.4 Å². The van der Waals surface area contributed by atoms with Crippen LogP contribution in [0.1, 0.15) is 46.0 Å². The summed E-state index contributed by atoms with van der Waals surface area (Å²) in [5.41, 5.74) is 0. The first-order valence-corrected chi connectivity index (χ1v) is 8.69. The van der Waals surface area contributed by atoms with Gasteiger partial charge in [-0.3, -0.25) is 14.3 Å². The fraction of sp³-hybridized carbons (Fsp3) is 0.923. The molecule has 1 amide bonds. The third-order valence-corrected chi connectivity index (χ3v) is 4.28. The van der Waals surface area contributed by atoms with Crippen molar-refractivity contribution in [3.63, 3.8) is 0 Å². The van der Waals surface area contributed by atoms with Gasteiger partial charge in [-0.2, -0.15) is 0 Å². The molecule has 1 saturated heterocycles. The van der Waals surface area contributed by atoms with E-state index in [0.717, 1.165) is 38.6 Å². The van der Waals surface area contributed by atoms with Gasteiger partial charge in [0.1, 0.15) is 0 Å². The van der Waals surface area contributed by atoms with E-state index in [-0.39, 0.29) is 18.1 Å². The third kappa shape index (κ3) is 4.35. The highest BCUT2D eigenvalue weighted by Gasteiger charge is 2.36. The summed E-state index contributed by atoms with van der Waals surface area (Å²) in [6.07, 6.45) is 6.79. The van der Waals surface area contributed by atoms with Crippen LogP contribution in [0.3, 0.4) is 0 Å². The molecule has 0 saturated carbocycles. The lowest BCUT2D eigenvalue weighted by Gasteiger charge is -2.22. The summed E-state index contributed by atoms with van der Waals surface area (Å²) in [4.78, 5) is 14.2. The van der Waals surface area contributed by atoms with E-state index in [4.69, 9.17) is 0 Å². The SMILES string of the molecule is CCCCC1NC(CC)N(CCCS(C)=O)C1=O. The van der Waals surface area contributed by atoms with Gasteiger partial charge in [-0.15, -0.1) is 0 Å². The van der Waals surface area contributed by atoms with Crippen LogP contribution in [0, 0.1) is 0 Å². The van der Waals surface area contributed by atoms with E-state index in [1.165, 1.54) is 0 Å². The zero-order chi connectivity index (χ0) is 13.5. The van der Waals surface area contributed by atoms with E-state index >= 15 is 0 Å². The normalized spacial score (nSPS) is 25.7. The number of unbranched alkanes of at least 4 members (excludes halogenated alkanes) is 1.